The fourth-order valence-electron chi connectivity index (χ4n) is 2.69. The molecule has 3 atom stereocenters. The number of halogens is 1. The zero-order chi connectivity index (χ0) is 20.7. The monoisotopic (exact) mass is 404 g/mol. The van der Waals surface area contributed by atoms with Gasteiger partial charge in [0.1, 0.15) is 5.75 Å². The lowest BCUT2D eigenvalue weighted by atomic mass is 9.97. The topological polar surface area (TPSA) is 55.8 Å². The van der Waals surface area contributed by atoms with Gasteiger partial charge in [0.05, 0.1) is 24.7 Å². The van der Waals surface area contributed by atoms with Gasteiger partial charge < -0.3 is 14.6 Å². The molecule has 28 heavy (non-hydrogen) atoms. The molecule has 2 aromatic rings. The molecule has 2 aromatic carbocycles. The summed E-state index contributed by atoms with van der Waals surface area (Å²) in [6, 6.07) is 14.9. The van der Waals surface area contributed by atoms with Gasteiger partial charge in [0.2, 0.25) is 0 Å². The zero-order valence-electron chi connectivity index (χ0n) is 16.9. The average molecular weight is 405 g/mol. The fraction of sp³-hybridized carbons (Fsp3) is 0.435. The van der Waals surface area contributed by atoms with Gasteiger partial charge in [0, 0.05) is 17.4 Å². The van der Waals surface area contributed by atoms with Crippen molar-refractivity contribution in [1.29, 1.82) is 0 Å². The van der Waals surface area contributed by atoms with Crippen molar-refractivity contribution in [2.45, 2.75) is 46.3 Å². The largest absolute Gasteiger partial charge is 0.493 e. The van der Waals surface area contributed by atoms with Gasteiger partial charge in [-0.1, -0.05) is 49.7 Å². The van der Waals surface area contributed by atoms with Crippen LogP contribution in [0.3, 0.4) is 0 Å². The molecule has 152 valence electrons. The highest BCUT2D eigenvalue weighted by Crippen LogP contribution is 2.23. The van der Waals surface area contributed by atoms with Crippen molar-refractivity contribution in [1.82, 2.24) is 0 Å². The Hall–Kier alpha value is -2.04. The van der Waals surface area contributed by atoms with Crippen LogP contribution in [0.4, 0.5) is 0 Å². The molecule has 0 bridgehead atoms. The van der Waals surface area contributed by atoms with Crippen LogP contribution < -0.4 is 4.74 Å². The molecule has 0 aliphatic heterocycles. The second kappa shape index (κ2) is 10.5. The third kappa shape index (κ3) is 6.84. The highest BCUT2D eigenvalue weighted by Gasteiger charge is 2.23. The number of carbonyl (C=O) groups is 1. The summed E-state index contributed by atoms with van der Waals surface area (Å²) in [4.78, 5) is 12.0. The lowest BCUT2D eigenvalue weighted by Gasteiger charge is -2.20. The lowest BCUT2D eigenvalue weighted by Crippen LogP contribution is -2.27. The first-order chi connectivity index (χ1) is 13.3. The van der Waals surface area contributed by atoms with E-state index < -0.39 is 6.10 Å². The molecule has 0 spiro atoms. The number of esters is 1. The number of hydrogen-bond donors (Lipinski definition) is 1. The maximum absolute atomic E-state index is 12.0. The minimum absolute atomic E-state index is 0.0291. The molecule has 0 radical (unpaired) electrons. The van der Waals surface area contributed by atoms with E-state index in [0.717, 1.165) is 11.1 Å². The summed E-state index contributed by atoms with van der Waals surface area (Å²) in [7, 11) is 0. The molecular weight excluding hydrogens is 376 g/mol. The van der Waals surface area contributed by atoms with Crippen LogP contribution in [-0.2, 0) is 16.0 Å². The molecule has 3 unspecified atom stereocenters. The zero-order valence-corrected chi connectivity index (χ0v) is 17.6. The van der Waals surface area contributed by atoms with Gasteiger partial charge in [-0.25, -0.2) is 0 Å². The van der Waals surface area contributed by atoms with Crippen molar-refractivity contribution in [3.63, 3.8) is 0 Å². The summed E-state index contributed by atoms with van der Waals surface area (Å²) in [6.45, 7) is 7.93. The van der Waals surface area contributed by atoms with Gasteiger partial charge in [0.25, 0.3) is 0 Å². The Balaban J connectivity index is 1.86. The molecule has 0 amide bonds. The van der Waals surface area contributed by atoms with Gasteiger partial charge in [-0.15, -0.1) is 0 Å². The van der Waals surface area contributed by atoms with E-state index in [-0.39, 0.29) is 23.9 Å². The lowest BCUT2D eigenvalue weighted by molar-refractivity contribution is -0.153. The predicted octanol–water partition coefficient (Wildman–Crippen LogP) is 5.22. The van der Waals surface area contributed by atoms with Crippen molar-refractivity contribution >= 4 is 17.6 Å². The molecule has 5 heteroatoms. The first kappa shape index (κ1) is 22.3. The van der Waals surface area contributed by atoms with Gasteiger partial charge in [-0.05, 0) is 49.2 Å². The van der Waals surface area contributed by atoms with Crippen LogP contribution >= 0.6 is 11.6 Å². The van der Waals surface area contributed by atoms with E-state index in [0.29, 0.717) is 23.8 Å². The van der Waals surface area contributed by atoms with Gasteiger partial charge in [0.15, 0.2) is 0 Å². The fourth-order valence-corrected chi connectivity index (χ4v) is 2.82. The highest BCUT2D eigenvalue weighted by atomic mass is 35.5. The van der Waals surface area contributed by atoms with E-state index in [4.69, 9.17) is 21.1 Å². The maximum atomic E-state index is 12.0. The molecule has 0 saturated carbocycles. The van der Waals surface area contributed by atoms with Crippen molar-refractivity contribution in [2.24, 2.45) is 11.8 Å². The van der Waals surface area contributed by atoms with Crippen LogP contribution in [-0.4, -0.2) is 23.8 Å². The van der Waals surface area contributed by atoms with Gasteiger partial charge >= 0.3 is 5.97 Å². The minimum Gasteiger partial charge on any atom is -0.493 e. The molecule has 1 N–H and O–H groups in total. The average Bonchev–Trinajstić information content (AvgIpc) is 2.67. The Labute approximate surface area is 172 Å². The molecule has 2 rings (SSSR count). The van der Waals surface area contributed by atoms with Crippen molar-refractivity contribution in [2.75, 3.05) is 6.61 Å². The van der Waals surface area contributed by atoms with Crippen molar-refractivity contribution in [3.8, 4) is 5.75 Å². The molecule has 0 saturated heterocycles. The second-order valence-corrected chi connectivity index (χ2v) is 7.91. The maximum Gasteiger partial charge on any atom is 0.309 e. The van der Waals surface area contributed by atoms with Crippen LogP contribution in [0.25, 0.3) is 0 Å². The Kier molecular flexibility index (Phi) is 8.34. The minimum atomic E-state index is -0.597. The van der Waals surface area contributed by atoms with E-state index in [1.165, 1.54) is 0 Å². The van der Waals surface area contributed by atoms with Crippen LogP contribution in [0.1, 0.15) is 44.9 Å². The third-order valence-electron chi connectivity index (χ3n) is 4.70. The van der Waals surface area contributed by atoms with E-state index in [9.17, 15) is 9.90 Å². The van der Waals surface area contributed by atoms with Crippen molar-refractivity contribution < 1.29 is 19.4 Å². The summed E-state index contributed by atoms with van der Waals surface area (Å²) in [5, 5.41) is 11.1. The predicted molar refractivity (Wildman–Crippen MR) is 112 cm³/mol. The van der Waals surface area contributed by atoms with E-state index in [1.54, 1.807) is 0 Å². The van der Waals surface area contributed by atoms with Crippen LogP contribution in [0, 0.1) is 11.8 Å². The number of carbonyl (C=O) groups excluding carboxylic acids is 1. The highest BCUT2D eigenvalue weighted by molar-refractivity contribution is 6.30. The molecule has 0 heterocycles. The number of aliphatic hydroxyl groups is 1. The van der Waals surface area contributed by atoms with Gasteiger partial charge in [-0.3, -0.25) is 4.79 Å². The molecule has 0 aliphatic carbocycles. The van der Waals surface area contributed by atoms with E-state index in [2.05, 4.69) is 0 Å². The van der Waals surface area contributed by atoms with Gasteiger partial charge in [-0.2, -0.15) is 0 Å². The van der Waals surface area contributed by atoms with Crippen LogP contribution in [0.2, 0.25) is 5.02 Å². The normalized spacial score (nSPS) is 14.4. The first-order valence-corrected chi connectivity index (χ1v) is 9.99. The molecule has 0 aromatic heterocycles. The Bertz CT molecular complexity index is 740. The molecule has 4 nitrogen and oxygen atoms in total. The van der Waals surface area contributed by atoms with Crippen LogP contribution in [0.5, 0.6) is 5.75 Å². The Morgan fingerprint density at radius 1 is 1.00 bits per heavy atom. The van der Waals surface area contributed by atoms with E-state index in [1.807, 2.05) is 76.2 Å². The molecule has 0 aliphatic rings. The Morgan fingerprint density at radius 2 is 1.61 bits per heavy atom. The summed E-state index contributed by atoms with van der Waals surface area (Å²) in [5.74, 6) is 0.301. The summed E-state index contributed by atoms with van der Waals surface area (Å²) < 4.78 is 11.1. The number of rotatable bonds is 9. The second-order valence-electron chi connectivity index (χ2n) is 7.48. The smallest absolute Gasteiger partial charge is 0.309 e. The third-order valence-corrected chi connectivity index (χ3v) is 4.95. The standard InChI is InChI=1S/C23H29ClO4/c1-15(2)28-23(26)17(4)16(3)14-27-21-11-7-19(8-12-21)22(25)13-18-5-9-20(24)10-6-18/h5-12,15-17,22,25H,13-14H2,1-4H3. The van der Waals surface area contributed by atoms with E-state index >= 15 is 0 Å². The first-order valence-electron chi connectivity index (χ1n) is 9.62. The quantitative estimate of drug-likeness (QED) is 0.582. The summed E-state index contributed by atoms with van der Waals surface area (Å²) >= 11 is 5.89. The number of hydrogen-bond acceptors (Lipinski definition) is 4. The number of ether oxygens (including phenoxy) is 2. The van der Waals surface area contributed by atoms with Crippen molar-refractivity contribution in [3.05, 3.63) is 64.7 Å². The van der Waals surface area contributed by atoms with Crippen LogP contribution in [0.15, 0.2) is 48.5 Å². The number of benzene rings is 2. The Morgan fingerprint density at radius 3 is 2.18 bits per heavy atom. The summed E-state index contributed by atoms with van der Waals surface area (Å²) in [6.07, 6.45) is -0.195. The molecular formula is C23H29ClO4. The molecule has 0 fully saturated rings. The number of aliphatic hydroxyl groups excluding tert-OH is 1. The SMILES string of the molecule is CC(C)OC(=O)C(C)C(C)COc1ccc(C(O)Cc2ccc(Cl)cc2)cc1. The summed E-state index contributed by atoms with van der Waals surface area (Å²) in [5.41, 5.74) is 1.84.